The Balaban J connectivity index is 1.89. The molecule has 0 saturated carbocycles. The molecule has 3 aromatic rings. The summed E-state index contributed by atoms with van der Waals surface area (Å²) in [5.74, 6) is 0.0414. The summed E-state index contributed by atoms with van der Waals surface area (Å²) in [6.07, 6.45) is 6.07. The molecule has 0 aliphatic carbocycles. The molecule has 0 radical (unpaired) electrons. The summed E-state index contributed by atoms with van der Waals surface area (Å²) < 4.78 is 6.46. The Bertz CT molecular complexity index is 932. The van der Waals surface area contributed by atoms with Gasteiger partial charge >= 0.3 is 0 Å². The van der Waals surface area contributed by atoms with Gasteiger partial charge in [0.2, 0.25) is 11.7 Å². The van der Waals surface area contributed by atoms with Crippen molar-refractivity contribution in [1.82, 2.24) is 30.0 Å². The lowest BCUT2D eigenvalue weighted by molar-refractivity contribution is -0.122. The summed E-state index contributed by atoms with van der Waals surface area (Å²) in [6, 6.07) is 3.20. The molecule has 25 heavy (non-hydrogen) atoms. The number of carbonyl (C=O) groups is 1. The van der Waals surface area contributed by atoms with Crippen LogP contribution in [0, 0.1) is 0 Å². The predicted molar refractivity (Wildman–Crippen MR) is 88.3 cm³/mol. The molecule has 1 amide bonds. The highest BCUT2D eigenvalue weighted by molar-refractivity contribution is 5.76. The summed E-state index contributed by atoms with van der Waals surface area (Å²) in [7, 11) is 0. The van der Waals surface area contributed by atoms with Crippen LogP contribution in [0.25, 0.3) is 23.0 Å². The number of hydrogen-bond acceptors (Lipinski definition) is 7. The van der Waals surface area contributed by atoms with Crippen LogP contribution >= 0.6 is 0 Å². The molecule has 0 bridgehead atoms. The van der Waals surface area contributed by atoms with Gasteiger partial charge in [0.25, 0.3) is 11.4 Å². The molecule has 0 saturated heterocycles. The molecule has 3 aromatic heterocycles. The second kappa shape index (κ2) is 7.04. The van der Waals surface area contributed by atoms with Crippen molar-refractivity contribution in [2.24, 2.45) is 0 Å². The standard InChI is InChI=1S/C16H16N6O3/c1-10(2)19-13(23)9-22-7-3-4-11(16(22)24)15-20-14(21-25-15)12-8-17-5-6-18-12/h3-8,10H,9H2,1-2H3,(H,19,23). The highest BCUT2D eigenvalue weighted by Crippen LogP contribution is 2.17. The number of nitrogens with zero attached hydrogens (tertiary/aromatic N) is 5. The lowest BCUT2D eigenvalue weighted by atomic mass is 10.2. The summed E-state index contributed by atoms with van der Waals surface area (Å²) in [5, 5.41) is 6.56. The molecule has 0 atom stereocenters. The lowest BCUT2D eigenvalue weighted by Gasteiger charge is -2.10. The smallest absolute Gasteiger partial charge is 0.263 e. The molecule has 0 fully saturated rings. The van der Waals surface area contributed by atoms with Gasteiger partial charge in [0, 0.05) is 24.6 Å². The van der Waals surface area contributed by atoms with E-state index in [0.29, 0.717) is 5.69 Å². The average Bonchev–Trinajstić information content (AvgIpc) is 3.07. The predicted octanol–water partition coefficient (Wildman–Crippen LogP) is 0.880. The fraction of sp³-hybridized carbons (Fsp3) is 0.250. The summed E-state index contributed by atoms with van der Waals surface area (Å²) in [6.45, 7) is 3.61. The normalized spacial score (nSPS) is 10.8. The Hall–Kier alpha value is -3.36. The van der Waals surface area contributed by atoms with Crippen molar-refractivity contribution in [2.75, 3.05) is 0 Å². The lowest BCUT2D eigenvalue weighted by Crippen LogP contribution is -2.36. The number of nitrogens with one attached hydrogen (secondary N) is 1. The zero-order chi connectivity index (χ0) is 17.8. The van der Waals surface area contributed by atoms with Crippen LogP contribution in [0.5, 0.6) is 0 Å². The van der Waals surface area contributed by atoms with Gasteiger partial charge in [-0.25, -0.2) is 4.98 Å². The van der Waals surface area contributed by atoms with Crippen molar-refractivity contribution in [2.45, 2.75) is 26.4 Å². The van der Waals surface area contributed by atoms with Gasteiger partial charge in [-0.2, -0.15) is 4.98 Å². The average molecular weight is 340 g/mol. The number of pyridine rings is 1. The van der Waals surface area contributed by atoms with Gasteiger partial charge in [0.05, 0.1) is 6.20 Å². The minimum absolute atomic E-state index is 0.00290. The third kappa shape index (κ3) is 3.77. The van der Waals surface area contributed by atoms with E-state index >= 15 is 0 Å². The monoisotopic (exact) mass is 340 g/mol. The van der Waals surface area contributed by atoms with E-state index in [9.17, 15) is 9.59 Å². The van der Waals surface area contributed by atoms with E-state index in [2.05, 4.69) is 25.4 Å². The first-order valence-corrected chi connectivity index (χ1v) is 7.64. The van der Waals surface area contributed by atoms with Gasteiger partial charge in [-0.15, -0.1) is 0 Å². The highest BCUT2D eigenvalue weighted by atomic mass is 16.5. The van der Waals surface area contributed by atoms with Crippen molar-refractivity contribution >= 4 is 5.91 Å². The first-order chi connectivity index (χ1) is 12.0. The topological polar surface area (TPSA) is 116 Å². The maximum atomic E-state index is 12.6. The fourth-order valence-corrected chi connectivity index (χ4v) is 2.20. The summed E-state index contributed by atoms with van der Waals surface area (Å²) in [4.78, 5) is 36.6. The van der Waals surface area contributed by atoms with E-state index in [4.69, 9.17) is 4.52 Å². The van der Waals surface area contributed by atoms with Gasteiger partial charge in [-0.1, -0.05) is 5.16 Å². The Labute approximate surface area is 142 Å². The molecular formula is C16H16N6O3. The van der Waals surface area contributed by atoms with Crippen LogP contribution in [0.4, 0.5) is 0 Å². The molecule has 128 valence electrons. The largest absolute Gasteiger partial charge is 0.352 e. The zero-order valence-corrected chi connectivity index (χ0v) is 13.7. The first-order valence-electron chi connectivity index (χ1n) is 7.64. The molecule has 0 aliphatic rings. The zero-order valence-electron chi connectivity index (χ0n) is 13.7. The second-order valence-electron chi connectivity index (χ2n) is 5.59. The Kier molecular flexibility index (Phi) is 4.64. The molecule has 3 rings (SSSR count). The number of carbonyl (C=O) groups excluding carboxylic acids is 1. The van der Waals surface area contributed by atoms with Crippen LogP contribution in [0.1, 0.15) is 13.8 Å². The van der Waals surface area contributed by atoms with Gasteiger partial charge < -0.3 is 14.4 Å². The van der Waals surface area contributed by atoms with Crippen LogP contribution in [0.2, 0.25) is 0 Å². The van der Waals surface area contributed by atoms with Gasteiger partial charge in [0.1, 0.15) is 17.8 Å². The Morgan fingerprint density at radius 1 is 1.36 bits per heavy atom. The van der Waals surface area contributed by atoms with Crippen LogP contribution in [0.3, 0.4) is 0 Å². The molecule has 1 N–H and O–H groups in total. The third-order valence-electron chi connectivity index (χ3n) is 3.23. The molecule has 9 heteroatoms. The highest BCUT2D eigenvalue weighted by Gasteiger charge is 2.16. The number of hydrogen-bond donors (Lipinski definition) is 1. The molecular weight excluding hydrogens is 324 g/mol. The van der Waals surface area contributed by atoms with Gasteiger partial charge in [-0.3, -0.25) is 14.6 Å². The van der Waals surface area contributed by atoms with Crippen LogP contribution < -0.4 is 10.9 Å². The number of rotatable bonds is 5. The molecule has 3 heterocycles. The Morgan fingerprint density at radius 2 is 2.20 bits per heavy atom. The van der Waals surface area contributed by atoms with E-state index in [1.807, 2.05) is 13.8 Å². The minimum atomic E-state index is -0.393. The molecule has 0 aromatic carbocycles. The van der Waals surface area contributed by atoms with E-state index in [0.717, 1.165) is 0 Å². The van der Waals surface area contributed by atoms with E-state index < -0.39 is 5.56 Å². The summed E-state index contributed by atoms with van der Waals surface area (Å²) in [5.41, 5.74) is 0.253. The van der Waals surface area contributed by atoms with Gasteiger partial charge in [0.15, 0.2) is 0 Å². The molecule has 9 nitrogen and oxygen atoms in total. The number of aromatic nitrogens is 5. The first kappa shape index (κ1) is 16.5. The van der Waals surface area contributed by atoms with E-state index in [1.54, 1.807) is 12.1 Å². The molecule has 0 spiro atoms. The maximum Gasteiger partial charge on any atom is 0.263 e. The Morgan fingerprint density at radius 3 is 2.92 bits per heavy atom. The van der Waals surface area contributed by atoms with Crippen LogP contribution in [-0.4, -0.2) is 36.6 Å². The quantitative estimate of drug-likeness (QED) is 0.733. The second-order valence-corrected chi connectivity index (χ2v) is 5.59. The van der Waals surface area contributed by atoms with E-state index in [-0.39, 0.29) is 35.8 Å². The van der Waals surface area contributed by atoms with Crippen molar-refractivity contribution in [3.8, 4) is 23.0 Å². The molecule has 0 aliphatic heterocycles. The number of amides is 1. The fourth-order valence-electron chi connectivity index (χ4n) is 2.20. The van der Waals surface area contributed by atoms with Crippen molar-refractivity contribution in [1.29, 1.82) is 0 Å². The van der Waals surface area contributed by atoms with E-state index in [1.165, 1.54) is 29.4 Å². The minimum Gasteiger partial charge on any atom is -0.352 e. The molecule has 0 unspecified atom stereocenters. The van der Waals surface area contributed by atoms with Crippen molar-refractivity contribution in [3.63, 3.8) is 0 Å². The third-order valence-corrected chi connectivity index (χ3v) is 3.23. The summed E-state index contributed by atoms with van der Waals surface area (Å²) >= 11 is 0. The SMILES string of the molecule is CC(C)NC(=O)Cn1cccc(-c2nc(-c3cnccn3)no2)c1=O. The maximum absolute atomic E-state index is 12.6. The van der Waals surface area contributed by atoms with Crippen molar-refractivity contribution < 1.29 is 9.32 Å². The van der Waals surface area contributed by atoms with Gasteiger partial charge in [-0.05, 0) is 26.0 Å². The van der Waals surface area contributed by atoms with Crippen LogP contribution in [-0.2, 0) is 11.3 Å². The van der Waals surface area contributed by atoms with Crippen LogP contribution in [0.15, 0.2) is 46.2 Å². The van der Waals surface area contributed by atoms with Crippen molar-refractivity contribution in [3.05, 3.63) is 47.3 Å².